The Hall–Kier alpha value is -2.56. The average molecular weight is 374 g/mol. The molecule has 1 N–H and O–H groups in total. The Labute approximate surface area is 154 Å². The molecule has 6 heteroatoms. The summed E-state index contributed by atoms with van der Waals surface area (Å²) in [5.74, 6) is -1.07. The van der Waals surface area contributed by atoms with Crippen LogP contribution in [0.5, 0.6) is 0 Å². The largest absolute Gasteiger partial charge is 0.452 e. The molecular weight excluding hydrogens is 361 g/mol. The molecule has 0 aromatic heterocycles. The van der Waals surface area contributed by atoms with Crippen LogP contribution < -0.4 is 5.32 Å². The summed E-state index contributed by atoms with van der Waals surface area (Å²) in [5, 5.41) is 5.28. The van der Waals surface area contributed by atoms with Crippen LogP contribution in [-0.4, -0.2) is 18.5 Å². The molecule has 0 atom stereocenters. The van der Waals surface area contributed by atoms with E-state index in [2.05, 4.69) is 5.32 Å². The van der Waals surface area contributed by atoms with Gasteiger partial charge in [0.2, 0.25) is 0 Å². The van der Waals surface area contributed by atoms with E-state index in [9.17, 15) is 9.59 Å². The van der Waals surface area contributed by atoms with Gasteiger partial charge in [0.15, 0.2) is 6.61 Å². The molecule has 0 aliphatic heterocycles. The summed E-state index contributed by atoms with van der Waals surface area (Å²) in [7, 11) is 0. The van der Waals surface area contributed by atoms with E-state index in [-0.39, 0.29) is 0 Å². The first-order valence-electron chi connectivity index (χ1n) is 7.44. The highest BCUT2D eigenvalue weighted by atomic mass is 35.5. The minimum atomic E-state index is -0.571. The number of benzene rings is 3. The van der Waals surface area contributed by atoms with Crippen molar-refractivity contribution in [2.45, 2.75) is 0 Å². The molecular formula is C19H13Cl2NO3. The van der Waals surface area contributed by atoms with Crippen molar-refractivity contribution < 1.29 is 14.3 Å². The number of esters is 1. The van der Waals surface area contributed by atoms with Crippen molar-refractivity contribution in [1.29, 1.82) is 0 Å². The quantitative estimate of drug-likeness (QED) is 0.658. The summed E-state index contributed by atoms with van der Waals surface area (Å²) < 4.78 is 5.05. The van der Waals surface area contributed by atoms with Crippen molar-refractivity contribution in [2.24, 2.45) is 0 Å². The molecule has 0 spiro atoms. The first-order valence-corrected chi connectivity index (χ1v) is 8.19. The summed E-state index contributed by atoms with van der Waals surface area (Å²) in [6, 6.07) is 17.6. The van der Waals surface area contributed by atoms with Gasteiger partial charge in [0, 0.05) is 5.02 Å². The molecule has 0 radical (unpaired) electrons. The number of hydrogen-bond acceptors (Lipinski definition) is 3. The van der Waals surface area contributed by atoms with Crippen molar-refractivity contribution in [3.05, 3.63) is 76.3 Å². The second kappa shape index (κ2) is 7.55. The van der Waals surface area contributed by atoms with E-state index in [1.807, 2.05) is 30.3 Å². The lowest BCUT2D eigenvalue weighted by Crippen LogP contribution is -2.21. The molecule has 25 heavy (non-hydrogen) atoms. The zero-order valence-corrected chi connectivity index (χ0v) is 14.5. The Morgan fingerprint density at radius 2 is 1.68 bits per heavy atom. The molecule has 0 saturated carbocycles. The lowest BCUT2D eigenvalue weighted by molar-refractivity contribution is -0.119. The number of ether oxygens (including phenoxy) is 1. The van der Waals surface area contributed by atoms with E-state index in [1.165, 1.54) is 6.07 Å². The Balaban J connectivity index is 1.62. The van der Waals surface area contributed by atoms with Gasteiger partial charge in [-0.1, -0.05) is 53.5 Å². The third-order valence-electron chi connectivity index (χ3n) is 3.52. The highest BCUT2D eigenvalue weighted by Gasteiger charge is 2.12. The molecule has 1 amide bonds. The highest BCUT2D eigenvalue weighted by Crippen LogP contribution is 2.25. The normalized spacial score (nSPS) is 10.5. The maximum Gasteiger partial charge on any atom is 0.338 e. The molecule has 0 saturated heterocycles. The monoisotopic (exact) mass is 373 g/mol. The summed E-state index contributed by atoms with van der Waals surface area (Å²) in [6.07, 6.45) is 0. The fourth-order valence-electron chi connectivity index (χ4n) is 2.31. The fraction of sp³-hybridized carbons (Fsp3) is 0.0526. The summed E-state index contributed by atoms with van der Waals surface area (Å²) in [6.45, 7) is -0.422. The van der Waals surface area contributed by atoms with Crippen molar-refractivity contribution >= 4 is 51.5 Å². The number of anilines is 1. The topological polar surface area (TPSA) is 55.4 Å². The molecule has 3 aromatic rings. The smallest absolute Gasteiger partial charge is 0.338 e. The zero-order chi connectivity index (χ0) is 17.8. The predicted molar refractivity (Wildman–Crippen MR) is 99.3 cm³/mol. The van der Waals surface area contributed by atoms with Gasteiger partial charge in [-0.2, -0.15) is 0 Å². The van der Waals surface area contributed by atoms with E-state index in [0.29, 0.717) is 21.3 Å². The van der Waals surface area contributed by atoms with Crippen LogP contribution in [0, 0.1) is 0 Å². The fourth-order valence-corrected chi connectivity index (χ4v) is 2.65. The first-order chi connectivity index (χ1) is 12.0. The molecule has 0 aliphatic rings. The van der Waals surface area contributed by atoms with Gasteiger partial charge < -0.3 is 10.1 Å². The predicted octanol–water partition coefficient (Wildman–Crippen LogP) is 4.94. The maximum atomic E-state index is 12.1. The number of amides is 1. The van der Waals surface area contributed by atoms with Gasteiger partial charge in [-0.25, -0.2) is 4.79 Å². The molecule has 0 heterocycles. The van der Waals surface area contributed by atoms with Crippen LogP contribution >= 0.6 is 23.2 Å². The summed E-state index contributed by atoms with van der Waals surface area (Å²) >= 11 is 11.8. The van der Waals surface area contributed by atoms with Gasteiger partial charge >= 0.3 is 5.97 Å². The van der Waals surface area contributed by atoms with E-state index in [1.54, 1.807) is 24.3 Å². The Morgan fingerprint density at radius 1 is 0.920 bits per heavy atom. The molecule has 126 valence electrons. The van der Waals surface area contributed by atoms with Crippen LogP contribution in [0.3, 0.4) is 0 Å². The molecule has 3 aromatic carbocycles. The van der Waals surface area contributed by atoms with Gasteiger partial charge in [0.1, 0.15) is 0 Å². The number of nitrogens with one attached hydrogen (secondary N) is 1. The lowest BCUT2D eigenvalue weighted by atomic mass is 10.1. The van der Waals surface area contributed by atoms with Crippen LogP contribution in [0.15, 0.2) is 60.7 Å². The van der Waals surface area contributed by atoms with E-state index in [4.69, 9.17) is 27.9 Å². The van der Waals surface area contributed by atoms with Crippen molar-refractivity contribution in [3.63, 3.8) is 0 Å². The third-order valence-corrected chi connectivity index (χ3v) is 4.09. The first kappa shape index (κ1) is 17.3. The van der Waals surface area contributed by atoms with Crippen LogP contribution in [-0.2, 0) is 9.53 Å². The van der Waals surface area contributed by atoms with Gasteiger partial charge in [-0.05, 0) is 41.1 Å². The van der Waals surface area contributed by atoms with Gasteiger partial charge in [0.05, 0.1) is 16.3 Å². The number of rotatable bonds is 4. The number of halogens is 2. The van der Waals surface area contributed by atoms with Gasteiger partial charge in [-0.15, -0.1) is 0 Å². The maximum absolute atomic E-state index is 12.1. The van der Waals surface area contributed by atoms with Gasteiger partial charge in [-0.3, -0.25) is 4.79 Å². The van der Waals surface area contributed by atoms with E-state index in [0.717, 1.165) is 10.8 Å². The Kier molecular flexibility index (Phi) is 5.22. The average Bonchev–Trinajstić information content (AvgIpc) is 2.62. The summed E-state index contributed by atoms with van der Waals surface area (Å²) in [4.78, 5) is 24.1. The molecule has 4 nitrogen and oxygen atoms in total. The number of carbonyl (C=O) groups is 2. The molecule has 0 fully saturated rings. The van der Waals surface area contributed by atoms with Crippen LogP contribution in [0.1, 0.15) is 10.4 Å². The minimum Gasteiger partial charge on any atom is -0.452 e. The van der Waals surface area contributed by atoms with Crippen molar-refractivity contribution in [2.75, 3.05) is 11.9 Å². The second-order valence-electron chi connectivity index (χ2n) is 5.31. The molecule has 0 bridgehead atoms. The van der Waals surface area contributed by atoms with Crippen LogP contribution in [0.4, 0.5) is 5.69 Å². The highest BCUT2D eigenvalue weighted by molar-refractivity contribution is 6.35. The Bertz CT molecular complexity index is 956. The van der Waals surface area contributed by atoms with E-state index >= 15 is 0 Å². The van der Waals surface area contributed by atoms with Crippen molar-refractivity contribution in [1.82, 2.24) is 0 Å². The standard InChI is InChI=1S/C19H13Cl2NO3/c20-15-7-8-16(21)17(10-15)22-18(23)11-25-19(24)14-6-5-12-3-1-2-4-13(12)9-14/h1-10H,11H2,(H,22,23). The number of carbonyl (C=O) groups excluding carboxylic acids is 2. The Morgan fingerprint density at radius 3 is 2.48 bits per heavy atom. The molecule has 3 rings (SSSR count). The number of hydrogen-bond donors (Lipinski definition) is 1. The van der Waals surface area contributed by atoms with Crippen molar-refractivity contribution in [3.8, 4) is 0 Å². The SMILES string of the molecule is O=C(COC(=O)c1ccc2ccccc2c1)Nc1cc(Cl)ccc1Cl. The second-order valence-corrected chi connectivity index (χ2v) is 6.15. The van der Waals surface area contributed by atoms with Crippen LogP contribution in [0.2, 0.25) is 10.0 Å². The minimum absolute atomic E-state index is 0.346. The molecule has 0 unspecified atom stereocenters. The van der Waals surface area contributed by atoms with E-state index < -0.39 is 18.5 Å². The zero-order valence-electron chi connectivity index (χ0n) is 13.0. The number of fused-ring (bicyclic) bond motifs is 1. The van der Waals surface area contributed by atoms with Crippen LogP contribution in [0.25, 0.3) is 10.8 Å². The third kappa shape index (κ3) is 4.29. The van der Waals surface area contributed by atoms with Gasteiger partial charge in [0.25, 0.3) is 5.91 Å². The lowest BCUT2D eigenvalue weighted by Gasteiger charge is -2.09. The molecule has 0 aliphatic carbocycles. The summed E-state index contributed by atoms with van der Waals surface area (Å²) in [5.41, 5.74) is 0.744.